The molecule has 0 bridgehead atoms. The Morgan fingerprint density at radius 3 is 1.65 bits per heavy atom. The van der Waals surface area contributed by atoms with Gasteiger partial charge in [0.05, 0.1) is 0 Å². The van der Waals surface area contributed by atoms with Crippen molar-refractivity contribution in [1.29, 1.82) is 0 Å². The first kappa shape index (κ1) is 22.9. The Kier molecular flexibility index (Phi) is 9.00. The molecular formula is C24H42O2. The van der Waals surface area contributed by atoms with Crippen LogP contribution in [0.5, 0.6) is 11.5 Å². The Balaban J connectivity index is 2.46. The molecule has 2 N–H and O–H groups in total. The maximum absolute atomic E-state index is 10.6. The van der Waals surface area contributed by atoms with Crippen LogP contribution in [0.2, 0.25) is 0 Å². The summed E-state index contributed by atoms with van der Waals surface area (Å²) in [5.41, 5.74) is 2.52. The molecule has 0 fully saturated rings. The molecular weight excluding hydrogens is 320 g/mol. The Bertz CT molecular complexity index is 532. The standard InChI is InChI=1S/C24H42O2/c1-23(2,3)17-11-7-9-13-19-15-16-21(25)20(22(19)26)14-10-8-12-18-24(4,5)6/h15-16,25-26H,7-14,17-18H2,1-6H3. The van der Waals surface area contributed by atoms with Crippen LogP contribution < -0.4 is 0 Å². The van der Waals surface area contributed by atoms with E-state index in [1.807, 2.05) is 6.07 Å². The molecule has 2 heteroatoms. The van der Waals surface area contributed by atoms with Gasteiger partial charge in [0.25, 0.3) is 0 Å². The molecule has 2 nitrogen and oxygen atoms in total. The molecule has 0 atom stereocenters. The van der Waals surface area contributed by atoms with Crippen LogP contribution in [0.1, 0.15) is 104 Å². The monoisotopic (exact) mass is 362 g/mol. The lowest BCUT2D eigenvalue weighted by atomic mass is 9.89. The summed E-state index contributed by atoms with van der Waals surface area (Å²) in [6.45, 7) is 13.7. The third-order valence-corrected chi connectivity index (χ3v) is 5.07. The van der Waals surface area contributed by atoms with Gasteiger partial charge in [-0.15, -0.1) is 0 Å². The molecule has 1 aromatic rings. The summed E-state index contributed by atoms with van der Waals surface area (Å²) < 4.78 is 0. The number of phenols is 2. The summed E-state index contributed by atoms with van der Waals surface area (Å²) in [5.74, 6) is 0.575. The zero-order valence-electron chi connectivity index (χ0n) is 18.1. The maximum atomic E-state index is 10.6. The fourth-order valence-electron chi connectivity index (χ4n) is 3.40. The van der Waals surface area contributed by atoms with E-state index in [4.69, 9.17) is 0 Å². The van der Waals surface area contributed by atoms with Crippen LogP contribution >= 0.6 is 0 Å². The van der Waals surface area contributed by atoms with Crippen molar-refractivity contribution in [2.75, 3.05) is 0 Å². The summed E-state index contributed by atoms with van der Waals surface area (Å²) in [5, 5.41) is 20.7. The van der Waals surface area contributed by atoms with E-state index in [9.17, 15) is 10.2 Å². The van der Waals surface area contributed by atoms with Crippen LogP contribution in [0.3, 0.4) is 0 Å². The normalized spacial score (nSPS) is 12.5. The quantitative estimate of drug-likeness (QED) is 0.426. The summed E-state index contributed by atoms with van der Waals surface area (Å²) in [6.07, 6.45) is 11.0. The number of rotatable bonds is 10. The van der Waals surface area contributed by atoms with Gasteiger partial charge in [-0.05, 0) is 61.0 Å². The predicted molar refractivity (Wildman–Crippen MR) is 113 cm³/mol. The second-order valence-electron chi connectivity index (χ2n) is 10.3. The lowest BCUT2D eigenvalue weighted by Gasteiger charge is -2.18. The third kappa shape index (κ3) is 9.50. The van der Waals surface area contributed by atoms with Crippen LogP contribution in [0.15, 0.2) is 12.1 Å². The van der Waals surface area contributed by atoms with Gasteiger partial charge in [-0.1, -0.05) is 73.3 Å². The first-order valence-electron chi connectivity index (χ1n) is 10.5. The van der Waals surface area contributed by atoms with Crippen molar-refractivity contribution in [2.45, 2.75) is 106 Å². The van der Waals surface area contributed by atoms with E-state index in [0.29, 0.717) is 16.6 Å². The maximum Gasteiger partial charge on any atom is 0.125 e. The summed E-state index contributed by atoms with van der Waals surface area (Å²) in [6, 6.07) is 3.65. The fraction of sp³-hybridized carbons (Fsp3) is 0.750. The minimum atomic E-state index is 0.245. The van der Waals surface area contributed by atoms with Crippen LogP contribution in [-0.4, -0.2) is 10.2 Å². The van der Waals surface area contributed by atoms with Crippen molar-refractivity contribution < 1.29 is 10.2 Å². The number of aromatic hydroxyl groups is 2. The molecule has 0 aliphatic heterocycles. The average molecular weight is 363 g/mol. The molecule has 0 aliphatic rings. The predicted octanol–water partition coefficient (Wildman–Crippen LogP) is 7.40. The SMILES string of the molecule is CC(C)(C)CCCCCc1ccc(O)c(CCCCCC(C)(C)C)c1O. The highest BCUT2D eigenvalue weighted by Crippen LogP contribution is 2.33. The van der Waals surface area contributed by atoms with E-state index in [1.54, 1.807) is 6.07 Å². The van der Waals surface area contributed by atoms with Gasteiger partial charge in [0.1, 0.15) is 11.5 Å². The topological polar surface area (TPSA) is 40.5 Å². The lowest BCUT2D eigenvalue weighted by molar-refractivity contribution is 0.357. The molecule has 0 saturated heterocycles. The molecule has 0 aliphatic carbocycles. The number of phenolic OH excluding ortho intramolecular Hbond substituents is 2. The molecule has 1 rings (SSSR count). The van der Waals surface area contributed by atoms with E-state index < -0.39 is 0 Å². The fourth-order valence-corrected chi connectivity index (χ4v) is 3.40. The first-order chi connectivity index (χ1) is 12.0. The Hall–Kier alpha value is -1.18. The van der Waals surface area contributed by atoms with E-state index >= 15 is 0 Å². The number of benzene rings is 1. The second-order valence-corrected chi connectivity index (χ2v) is 10.3. The molecule has 0 spiro atoms. The van der Waals surface area contributed by atoms with Gasteiger partial charge in [0.15, 0.2) is 0 Å². The number of aryl methyl sites for hydroxylation is 1. The second kappa shape index (κ2) is 10.2. The minimum Gasteiger partial charge on any atom is -0.508 e. The largest absolute Gasteiger partial charge is 0.508 e. The van der Waals surface area contributed by atoms with Gasteiger partial charge < -0.3 is 10.2 Å². The van der Waals surface area contributed by atoms with Crippen LogP contribution in [0.25, 0.3) is 0 Å². The smallest absolute Gasteiger partial charge is 0.125 e. The number of unbranched alkanes of at least 4 members (excludes halogenated alkanes) is 4. The van der Waals surface area contributed by atoms with Gasteiger partial charge in [-0.25, -0.2) is 0 Å². The minimum absolute atomic E-state index is 0.245. The molecule has 150 valence electrons. The molecule has 0 radical (unpaired) electrons. The van der Waals surface area contributed by atoms with Gasteiger partial charge in [-0.3, -0.25) is 0 Å². The van der Waals surface area contributed by atoms with Crippen LogP contribution in [-0.2, 0) is 12.8 Å². The Morgan fingerprint density at radius 2 is 1.15 bits per heavy atom. The van der Waals surface area contributed by atoms with E-state index in [1.165, 1.54) is 32.1 Å². The van der Waals surface area contributed by atoms with E-state index in [-0.39, 0.29) is 5.75 Å². The highest BCUT2D eigenvalue weighted by Gasteiger charge is 2.14. The zero-order valence-corrected chi connectivity index (χ0v) is 18.1. The van der Waals surface area contributed by atoms with Gasteiger partial charge >= 0.3 is 0 Å². The summed E-state index contributed by atoms with van der Waals surface area (Å²) in [7, 11) is 0. The van der Waals surface area contributed by atoms with Crippen molar-refractivity contribution in [2.24, 2.45) is 10.8 Å². The Labute approximate surface area is 162 Å². The average Bonchev–Trinajstić information content (AvgIpc) is 2.49. The molecule has 26 heavy (non-hydrogen) atoms. The van der Waals surface area contributed by atoms with Crippen LogP contribution in [0, 0.1) is 10.8 Å². The molecule has 0 unspecified atom stereocenters. The molecule has 0 saturated carbocycles. The number of hydrogen-bond donors (Lipinski definition) is 2. The summed E-state index contributed by atoms with van der Waals surface area (Å²) >= 11 is 0. The highest BCUT2D eigenvalue weighted by molar-refractivity contribution is 5.48. The van der Waals surface area contributed by atoms with Crippen molar-refractivity contribution in [1.82, 2.24) is 0 Å². The third-order valence-electron chi connectivity index (χ3n) is 5.07. The lowest BCUT2D eigenvalue weighted by Crippen LogP contribution is -2.04. The van der Waals surface area contributed by atoms with E-state index in [0.717, 1.165) is 43.2 Å². The van der Waals surface area contributed by atoms with Gasteiger partial charge in [-0.2, -0.15) is 0 Å². The zero-order chi connectivity index (χ0) is 19.8. The summed E-state index contributed by atoms with van der Waals surface area (Å²) in [4.78, 5) is 0. The van der Waals surface area contributed by atoms with Crippen molar-refractivity contribution in [3.8, 4) is 11.5 Å². The van der Waals surface area contributed by atoms with Crippen molar-refractivity contribution in [3.63, 3.8) is 0 Å². The highest BCUT2D eigenvalue weighted by atomic mass is 16.3. The first-order valence-corrected chi connectivity index (χ1v) is 10.5. The number of hydrogen-bond acceptors (Lipinski definition) is 2. The van der Waals surface area contributed by atoms with Gasteiger partial charge in [0, 0.05) is 5.56 Å². The van der Waals surface area contributed by atoms with E-state index in [2.05, 4.69) is 41.5 Å². The van der Waals surface area contributed by atoms with Gasteiger partial charge in [0.2, 0.25) is 0 Å². The van der Waals surface area contributed by atoms with Crippen LogP contribution in [0.4, 0.5) is 0 Å². The van der Waals surface area contributed by atoms with Crippen molar-refractivity contribution in [3.05, 3.63) is 23.3 Å². The Morgan fingerprint density at radius 1 is 0.654 bits per heavy atom. The molecule has 0 aromatic heterocycles. The molecule has 0 heterocycles. The molecule has 1 aromatic carbocycles. The molecule has 0 amide bonds. The van der Waals surface area contributed by atoms with Crippen molar-refractivity contribution >= 4 is 0 Å².